The van der Waals surface area contributed by atoms with Gasteiger partial charge in [-0.1, -0.05) is 11.6 Å². The molecule has 110 valence electrons. The van der Waals surface area contributed by atoms with E-state index in [4.69, 9.17) is 22.4 Å². The van der Waals surface area contributed by atoms with Crippen LogP contribution in [0.5, 0.6) is 0 Å². The zero-order valence-corrected chi connectivity index (χ0v) is 10.6. The van der Waals surface area contributed by atoms with Gasteiger partial charge in [-0.25, -0.2) is 0 Å². The number of halogens is 4. The van der Waals surface area contributed by atoms with Crippen LogP contribution in [0.4, 0.5) is 18.9 Å². The van der Waals surface area contributed by atoms with E-state index in [1.807, 2.05) is 0 Å². The zero-order chi connectivity index (χ0) is 15.5. The largest absolute Gasteiger partial charge is 0.481 e. The van der Waals surface area contributed by atoms with Gasteiger partial charge in [-0.2, -0.15) is 13.2 Å². The summed E-state index contributed by atoms with van der Waals surface area (Å²) in [6.07, 6.45) is -5.26. The summed E-state index contributed by atoms with van der Waals surface area (Å²) in [5.41, 5.74) is 4.03. The molecule has 0 aliphatic heterocycles. The first kappa shape index (κ1) is 16.3. The molecule has 1 unspecified atom stereocenters. The SMILES string of the molecule is NC(CC(=O)O)C(=O)Nc1cc(Cl)cc(C(F)(F)F)c1. The highest BCUT2D eigenvalue weighted by Crippen LogP contribution is 2.33. The topological polar surface area (TPSA) is 92.4 Å². The lowest BCUT2D eigenvalue weighted by molar-refractivity contribution is -0.139. The van der Waals surface area contributed by atoms with Gasteiger partial charge in [-0.05, 0) is 18.2 Å². The Labute approximate surface area is 116 Å². The van der Waals surface area contributed by atoms with Crippen LogP contribution < -0.4 is 11.1 Å². The molecule has 20 heavy (non-hydrogen) atoms. The van der Waals surface area contributed by atoms with Crippen LogP contribution in [0.2, 0.25) is 5.02 Å². The van der Waals surface area contributed by atoms with Crippen LogP contribution in [0.25, 0.3) is 0 Å². The third-order valence-corrected chi connectivity index (χ3v) is 2.44. The minimum Gasteiger partial charge on any atom is -0.481 e. The average Bonchev–Trinajstić information content (AvgIpc) is 2.25. The maximum absolute atomic E-state index is 12.5. The molecule has 0 saturated heterocycles. The summed E-state index contributed by atoms with van der Waals surface area (Å²) in [5.74, 6) is -2.21. The molecule has 1 amide bonds. The molecule has 5 nitrogen and oxygen atoms in total. The number of carboxylic acid groups (broad SMARTS) is 1. The number of carbonyl (C=O) groups is 2. The molecule has 4 N–H and O–H groups in total. The molecule has 0 bridgehead atoms. The Hall–Kier alpha value is -1.80. The molecule has 0 saturated carbocycles. The van der Waals surface area contributed by atoms with E-state index in [2.05, 4.69) is 5.32 Å². The van der Waals surface area contributed by atoms with Crippen molar-refractivity contribution in [3.63, 3.8) is 0 Å². The summed E-state index contributed by atoms with van der Waals surface area (Å²) in [6, 6.07) is 1.11. The first-order chi connectivity index (χ1) is 9.09. The highest BCUT2D eigenvalue weighted by atomic mass is 35.5. The van der Waals surface area contributed by atoms with Crippen LogP contribution in [-0.4, -0.2) is 23.0 Å². The monoisotopic (exact) mass is 310 g/mol. The van der Waals surface area contributed by atoms with Gasteiger partial charge < -0.3 is 16.2 Å². The number of aliphatic carboxylic acids is 1. The Morgan fingerprint density at radius 1 is 1.35 bits per heavy atom. The standard InChI is InChI=1S/C11H10ClF3N2O3/c12-6-1-5(11(13,14)15)2-7(3-6)17-10(20)8(16)4-9(18)19/h1-3,8H,4,16H2,(H,17,20)(H,18,19). The van der Waals surface area contributed by atoms with Crippen molar-refractivity contribution in [3.05, 3.63) is 28.8 Å². The summed E-state index contributed by atoms with van der Waals surface area (Å²) in [4.78, 5) is 21.9. The Morgan fingerprint density at radius 3 is 2.45 bits per heavy atom. The number of nitrogens with one attached hydrogen (secondary N) is 1. The zero-order valence-electron chi connectivity index (χ0n) is 9.87. The lowest BCUT2D eigenvalue weighted by atomic mass is 10.1. The third kappa shape index (κ3) is 4.71. The van der Waals surface area contributed by atoms with E-state index in [1.54, 1.807) is 0 Å². The van der Waals surface area contributed by atoms with Gasteiger partial charge in [0.2, 0.25) is 5.91 Å². The molecular formula is C11H10ClF3N2O3. The second-order valence-electron chi connectivity index (χ2n) is 3.92. The van der Waals surface area contributed by atoms with Gasteiger partial charge in [-0.15, -0.1) is 0 Å². The van der Waals surface area contributed by atoms with Crippen LogP contribution in [0.1, 0.15) is 12.0 Å². The van der Waals surface area contributed by atoms with Crippen molar-refractivity contribution in [2.75, 3.05) is 5.32 Å². The maximum Gasteiger partial charge on any atom is 0.416 e. The fourth-order valence-corrected chi connectivity index (χ4v) is 1.58. The van der Waals surface area contributed by atoms with Crippen LogP contribution >= 0.6 is 11.6 Å². The predicted octanol–water partition coefficient (Wildman–Crippen LogP) is 2.10. The molecule has 0 radical (unpaired) electrons. The number of carboxylic acids is 1. The molecular weight excluding hydrogens is 301 g/mol. The fraction of sp³-hybridized carbons (Fsp3) is 0.273. The first-order valence-corrected chi connectivity index (χ1v) is 5.63. The van der Waals surface area contributed by atoms with Gasteiger partial charge in [-0.3, -0.25) is 9.59 Å². The Morgan fingerprint density at radius 2 is 1.95 bits per heavy atom. The van der Waals surface area contributed by atoms with E-state index < -0.39 is 36.1 Å². The number of carbonyl (C=O) groups excluding carboxylic acids is 1. The third-order valence-electron chi connectivity index (χ3n) is 2.22. The Balaban J connectivity index is 2.90. The molecule has 0 aromatic heterocycles. The van der Waals surface area contributed by atoms with Crippen molar-refractivity contribution in [2.45, 2.75) is 18.6 Å². The summed E-state index contributed by atoms with van der Waals surface area (Å²) < 4.78 is 37.6. The molecule has 9 heteroatoms. The summed E-state index contributed by atoms with van der Waals surface area (Å²) >= 11 is 5.53. The van der Waals surface area contributed by atoms with Gasteiger partial charge in [0.25, 0.3) is 0 Å². The molecule has 1 aromatic rings. The van der Waals surface area contributed by atoms with Crippen LogP contribution in [0.15, 0.2) is 18.2 Å². The van der Waals surface area contributed by atoms with E-state index in [0.29, 0.717) is 12.1 Å². The number of benzene rings is 1. The summed E-state index contributed by atoms with van der Waals surface area (Å²) in [7, 11) is 0. The number of nitrogens with two attached hydrogens (primary N) is 1. The second-order valence-corrected chi connectivity index (χ2v) is 4.36. The van der Waals surface area contributed by atoms with Gasteiger partial charge in [0.05, 0.1) is 18.0 Å². The van der Waals surface area contributed by atoms with Gasteiger partial charge >= 0.3 is 12.1 Å². The van der Waals surface area contributed by atoms with Crippen LogP contribution in [-0.2, 0) is 15.8 Å². The second kappa shape index (κ2) is 6.10. The number of alkyl halides is 3. The highest BCUT2D eigenvalue weighted by Gasteiger charge is 2.31. The molecule has 0 aliphatic rings. The van der Waals surface area contributed by atoms with Crippen molar-refractivity contribution in [3.8, 4) is 0 Å². The summed E-state index contributed by atoms with van der Waals surface area (Å²) in [6.45, 7) is 0. The van der Waals surface area contributed by atoms with Crippen molar-refractivity contribution in [1.82, 2.24) is 0 Å². The molecule has 0 heterocycles. The first-order valence-electron chi connectivity index (χ1n) is 5.25. The number of rotatable bonds is 4. The smallest absolute Gasteiger partial charge is 0.416 e. The highest BCUT2D eigenvalue weighted by molar-refractivity contribution is 6.31. The lowest BCUT2D eigenvalue weighted by Gasteiger charge is -2.13. The van der Waals surface area contributed by atoms with Gasteiger partial charge in [0.1, 0.15) is 0 Å². The van der Waals surface area contributed by atoms with Crippen LogP contribution in [0, 0.1) is 0 Å². The van der Waals surface area contributed by atoms with E-state index in [-0.39, 0.29) is 10.7 Å². The normalized spacial score (nSPS) is 12.8. The number of amides is 1. The Kier molecular flexibility index (Phi) is 4.96. The van der Waals surface area contributed by atoms with E-state index >= 15 is 0 Å². The minimum atomic E-state index is -4.62. The molecule has 1 aromatic carbocycles. The van der Waals surface area contributed by atoms with Crippen LogP contribution in [0.3, 0.4) is 0 Å². The van der Waals surface area contributed by atoms with E-state index in [9.17, 15) is 22.8 Å². The maximum atomic E-state index is 12.5. The number of hydrogen-bond donors (Lipinski definition) is 3. The molecule has 0 fully saturated rings. The van der Waals surface area contributed by atoms with Gasteiger partial charge in [0.15, 0.2) is 0 Å². The van der Waals surface area contributed by atoms with Crippen molar-refractivity contribution in [2.24, 2.45) is 5.73 Å². The van der Waals surface area contributed by atoms with Crippen molar-refractivity contribution in [1.29, 1.82) is 0 Å². The van der Waals surface area contributed by atoms with Gasteiger partial charge in [0, 0.05) is 10.7 Å². The lowest BCUT2D eigenvalue weighted by Crippen LogP contribution is -2.37. The minimum absolute atomic E-state index is 0.212. The van der Waals surface area contributed by atoms with Crippen molar-refractivity contribution >= 4 is 29.2 Å². The fourth-order valence-electron chi connectivity index (χ4n) is 1.34. The van der Waals surface area contributed by atoms with E-state index in [1.165, 1.54) is 0 Å². The Bertz CT molecular complexity index is 534. The predicted molar refractivity (Wildman–Crippen MR) is 65.3 cm³/mol. The van der Waals surface area contributed by atoms with Crippen molar-refractivity contribution < 1.29 is 27.9 Å². The van der Waals surface area contributed by atoms with E-state index in [0.717, 1.165) is 6.07 Å². The quantitative estimate of drug-likeness (QED) is 0.794. The molecule has 1 rings (SSSR count). The number of anilines is 1. The average molecular weight is 311 g/mol. The molecule has 0 spiro atoms. The molecule has 0 aliphatic carbocycles. The summed E-state index contributed by atoms with van der Waals surface area (Å²) in [5, 5.41) is 10.3. The number of hydrogen-bond acceptors (Lipinski definition) is 3. The molecule has 1 atom stereocenters.